The Morgan fingerprint density at radius 1 is 1.35 bits per heavy atom. The van der Waals surface area contributed by atoms with Crippen molar-refractivity contribution in [2.24, 2.45) is 0 Å². The third kappa shape index (κ3) is 3.07. The van der Waals surface area contributed by atoms with E-state index in [2.05, 4.69) is 5.32 Å². The second-order valence-corrected chi connectivity index (χ2v) is 4.51. The Labute approximate surface area is 115 Å². The van der Waals surface area contributed by atoms with Gasteiger partial charge in [0.25, 0.3) is 5.91 Å². The quantitative estimate of drug-likeness (QED) is 0.529. The highest BCUT2D eigenvalue weighted by Crippen LogP contribution is 2.22. The molecule has 3 N–H and O–H groups in total. The van der Waals surface area contributed by atoms with Gasteiger partial charge in [-0.05, 0) is 18.1 Å². The van der Waals surface area contributed by atoms with Gasteiger partial charge in [0, 0.05) is 12.3 Å². The third-order valence-electron chi connectivity index (χ3n) is 3.00. The Hall–Kier alpha value is -2.12. The second kappa shape index (κ2) is 5.89. The molecule has 7 heteroatoms. The number of para-hydroxylation sites is 1. The highest BCUT2D eigenvalue weighted by atomic mass is 16.4. The maximum absolute atomic E-state index is 11.3. The first-order valence-corrected chi connectivity index (χ1v) is 6.11. The summed E-state index contributed by atoms with van der Waals surface area (Å²) in [6, 6.07) is 7.28. The fourth-order valence-electron chi connectivity index (χ4n) is 1.93. The molecule has 6 nitrogen and oxygen atoms in total. The summed E-state index contributed by atoms with van der Waals surface area (Å²) in [7, 11) is -1.77. The smallest absolute Gasteiger partial charge is 0.464 e. The van der Waals surface area contributed by atoms with Crippen molar-refractivity contribution in [3.63, 3.8) is 0 Å². The highest BCUT2D eigenvalue weighted by Gasteiger charge is 2.27. The van der Waals surface area contributed by atoms with Gasteiger partial charge in [-0.25, -0.2) is 0 Å². The van der Waals surface area contributed by atoms with Crippen LogP contribution in [0.5, 0.6) is 0 Å². The Kier molecular flexibility index (Phi) is 4.21. The number of amides is 1. The molecule has 0 bridgehead atoms. The van der Waals surface area contributed by atoms with Gasteiger partial charge in [-0.15, -0.1) is 0 Å². The minimum atomic E-state index is -1.77. The summed E-state index contributed by atoms with van der Waals surface area (Å²) in [5.74, 6) is -2.52. The van der Waals surface area contributed by atoms with Crippen LogP contribution in [0, 0.1) is 0 Å². The van der Waals surface area contributed by atoms with Gasteiger partial charge in [-0.2, -0.15) is 0 Å². The molecule has 1 aromatic carbocycles. The summed E-state index contributed by atoms with van der Waals surface area (Å²) in [4.78, 5) is 22.3. The Balaban J connectivity index is 2.20. The monoisotopic (exact) mass is 275 g/mol. The molecule has 1 aromatic heterocycles. The van der Waals surface area contributed by atoms with Gasteiger partial charge in [0.1, 0.15) is 5.58 Å². The lowest BCUT2D eigenvalue weighted by Crippen LogP contribution is -2.49. The van der Waals surface area contributed by atoms with E-state index in [0.717, 1.165) is 17.9 Å². The van der Waals surface area contributed by atoms with E-state index >= 15 is 0 Å². The van der Waals surface area contributed by atoms with Crippen molar-refractivity contribution in [2.75, 3.05) is 0 Å². The van der Waals surface area contributed by atoms with Gasteiger partial charge in [-0.3, -0.25) is 9.59 Å². The minimum absolute atomic E-state index is 0.147. The summed E-state index contributed by atoms with van der Waals surface area (Å²) in [5.41, 5.74) is 1.40. The number of rotatable bonds is 5. The molecule has 20 heavy (non-hydrogen) atoms. The third-order valence-corrected chi connectivity index (χ3v) is 3.00. The number of fused-ring (bicyclic) bond motifs is 1. The lowest BCUT2D eigenvalue weighted by Gasteiger charge is -2.16. The molecule has 0 aliphatic rings. The SMILES string of the molecule is CC(=O)C(=O)N[C@@H](Cc1coc2ccccc12)B(O)O. The molecule has 1 heterocycles. The van der Waals surface area contributed by atoms with Crippen LogP contribution in [-0.4, -0.2) is 34.8 Å². The Bertz CT molecular complexity index is 636. The first kappa shape index (κ1) is 14.3. The Morgan fingerprint density at radius 3 is 2.70 bits per heavy atom. The topological polar surface area (TPSA) is 99.8 Å². The number of ketones is 1. The first-order valence-electron chi connectivity index (χ1n) is 6.11. The molecule has 0 saturated heterocycles. The number of hydrogen-bond donors (Lipinski definition) is 3. The normalized spacial score (nSPS) is 12.2. The predicted molar refractivity (Wildman–Crippen MR) is 72.7 cm³/mol. The molecule has 0 unspecified atom stereocenters. The van der Waals surface area contributed by atoms with Gasteiger partial charge >= 0.3 is 7.12 Å². The molecule has 0 aliphatic carbocycles. The number of nitrogens with one attached hydrogen (secondary N) is 1. The molecule has 0 fully saturated rings. The summed E-state index contributed by atoms with van der Waals surface area (Å²) >= 11 is 0. The van der Waals surface area contributed by atoms with Crippen LogP contribution in [0.15, 0.2) is 34.9 Å². The zero-order chi connectivity index (χ0) is 14.7. The average molecular weight is 275 g/mol. The molecule has 1 atom stereocenters. The molecular formula is C13H14BNO5. The molecular weight excluding hydrogens is 261 g/mol. The van der Waals surface area contributed by atoms with Crippen LogP contribution in [0.4, 0.5) is 0 Å². The standard InChI is InChI=1S/C13H14BNO5/c1-8(16)13(17)15-12(14(18)19)6-9-7-20-11-5-3-2-4-10(9)11/h2-5,7,12,18-19H,6H2,1H3,(H,15,17)/t12-/m0/s1. The van der Waals surface area contributed by atoms with Crippen LogP contribution in [0.2, 0.25) is 0 Å². The molecule has 1 amide bonds. The highest BCUT2D eigenvalue weighted by molar-refractivity contribution is 6.45. The molecule has 0 spiro atoms. The lowest BCUT2D eigenvalue weighted by atomic mass is 9.76. The molecule has 0 aliphatic heterocycles. The molecule has 0 radical (unpaired) electrons. The number of benzene rings is 1. The number of carbonyl (C=O) groups is 2. The lowest BCUT2D eigenvalue weighted by molar-refractivity contribution is -0.136. The zero-order valence-electron chi connectivity index (χ0n) is 10.9. The summed E-state index contributed by atoms with van der Waals surface area (Å²) in [6.45, 7) is 1.11. The van der Waals surface area contributed by atoms with Crippen molar-refractivity contribution in [3.05, 3.63) is 36.1 Å². The maximum atomic E-state index is 11.3. The van der Waals surface area contributed by atoms with E-state index in [0.29, 0.717) is 5.58 Å². The van der Waals surface area contributed by atoms with Crippen molar-refractivity contribution in [2.45, 2.75) is 19.3 Å². The largest absolute Gasteiger partial charge is 0.475 e. The molecule has 2 rings (SSSR count). The van der Waals surface area contributed by atoms with Gasteiger partial charge in [-0.1, -0.05) is 18.2 Å². The minimum Gasteiger partial charge on any atom is -0.464 e. The number of hydrogen-bond acceptors (Lipinski definition) is 5. The van der Waals surface area contributed by atoms with Crippen LogP contribution >= 0.6 is 0 Å². The number of furan rings is 1. The van der Waals surface area contributed by atoms with Gasteiger partial charge < -0.3 is 19.8 Å². The van der Waals surface area contributed by atoms with E-state index in [1.807, 2.05) is 18.2 Å². The van der Waals surface area contributed by atoms with Crippen LogP contribution in [0.1, 0.15) is 12.5 Å². The summed E-state index contributed by atoms with van der Waals surface area (Å²) in [5, 5.41) is 21.7. The number of carbonyl (C=O) groups excluding carboxylic acids is 2. The zero-order valence-corrected chi connectivity index (χ0v) is 10.9. The van der Waals surface area contributed by atoms with Crippen molar-refractivity contribution >= 4 is 29.8 Å². The van der Waals surface area contributed by atoms with Gasteiger partial charge in [0.05, 0.1) is 12.2 Å². The van der Waals surface area contributed by atoms with Crippen molar-refractivity contribution in [3.8, 4) is 0 Å². The second-order valence-electron chi connectivity index (χ2n) is 4.51. The van der Waals surface area contributed by atoms with E-state index in [4.69, 9.17) is 4.42 Å². The van der Waals surface area contributed by atoms with Crippen molar-refractivity contribution < 1.29 is 24.1 Å². The fourth-order valence-corrected chi connectivity index (χ4v) is 1.93. The number of Topliss-reactive ketones (excluding diaryl/α,β-unsaturated/α-hetero) is 1. The van der Waals surface area contributed by atoms with Crippen LogP contribution in [0.25, 0.3) is 11.0 Å². The van der Waals surface area contributed by atoms with Crippen LogP contribution in [0.3, 0.4) is 0 Å². The van der Waals surface area contributed by atoms with Crippen molar-refractivity contribution in [1.82, 2.24) is 5.32 Å². The fraction of sp³-hybridized carbons (Fsp3) is 0.231. The predicted octanol–water partition coefficient (Wildman–Crippen LogP) is 0.0611. The maximum Gasteiger partial charge on any atom is 0.475 e. The average Bonchev–Trinajstić information content (AvgIpc) is 2.81. The van der Waals surface area contributed by atoms with Crippen molar-refractivity contribution in [1.29, 1.82) is 0 Å². The van der Waals surface area contributed by atoms with Gasteiger partial charge in [0.2, 0.25) is 5.78 Å². The first-order chi connectivity index (χ1) is 9.49. The van der Waals surface area contributed by atoms with E-state index in [-0.39, 0.29) is 6.42 Å². The van der Waals surface area contributed by atoms with Gasteiger partial charge in [0.15, 0.2) is 0 Å². The van der Waals surface area contributed by atoms with E-state index in [9.17, 15) is 19.6 Å². The summed E-state index contributed by atoms with van der Waals surface area (Å²) < 4.78 is 5.34. The van der Waals surface area contributed by atoms with E-state index < -0.39 is 24.8 Å². The van der Waals surface area contributed by atoms with Crippen LogP contribution < -0.4 is 5.32 Å². The van der Waals surface area contributed by atoms with Crippen LogP contribution in [-0.2, 0) is 16.0 Å². The van der Waals surface area contributed by atoms with E-state index in [1.54, 1.807) is 6.07 Å². The van der Waals surface area contributed by atoms with E-state index in [1.165, 1.54) is 6.26 Å². The molecule has 0 saturated carbocycles. The summed E-state index contributed by atoms with van der Waals surface area (Å²) in [6.07, 6.45) is 1.65. The molecule has 2 aromatic rings. The Morgan fingerprint density at radius 2 is 2.05 bits per heavy atom. The molecule has 104 valence electrons.